The number of nitrogens with one attached hydrogen (secondary N) is 2. The van der Waals surface area contributed by atoms with Crippen LogP contribution in [0.25, 0.3) is 0 Å². The number of carbonyl (C=O) groups is 1. The fraction of sp³-hybridized carbons (Fsp3) is 0.700. The van der Waals surface area contributed by atoms with E-state index in [0.29, 0.717) is 18.7 Å². The first-order valence-corrected chi connectivity index (χ1v) is 12.1. The SMILES string of the molecule is Cc1ccnc(OCC=O)c1C1CCC(OCC2NCCC2NS(=O)(=O)C(F)(F)F)CC1. The number of aromatic nitrogens is 1. The van der Waals surface area contributed by atoms with Crippen molar-refractivity contribution in [3.63, 3.8) is 0 Å². The summed E-state index contributed by atoms with van der Waals surface area (Å²) in [5, 5.41) is 3.02. The Labute approximate surface area is 185 Å². The Morgan fingerprint density at radius 1 is 1.25 bits per heavy atom. The van der Waals surface area contributed by atoms with E-state index < -0.39 is 27.6 Å². The first kappa shape index (κ1) is 24.9. The Morgan fingerprint density at radius 3 is 2.62 bits per heavy atom. The molecule has 12 heteroatoms. The van der Waals surface area contributed by atoms with Crippen LogP contribution in [0.5, 0.6) is 5.88 Å². The number of rotatable bonds is 9. The van der Waals surface area contributed by atoms with Gasteiger partial charge in [0.2, 0.25) is 5.88 Å². The molecule has 0 spiro atoms. The Morgan fingerprint density at radius 2 is 1.97 bits per heavy atom. The van der Waals surface area contributed by atoms with Crippen molar-refractivity contribution in [3.05, 3.63) is 23.4 Å². The Hall–Kier alpha value is -1.76. The normalized spacial score (nSPS) is 26.8. The van der Waals surface area contributed by atoms with Gasteiger partial charge in [0.1, 0.15) is 6.61 Å². The van der Waals surface area contributed by atoms with Crippen LogP contribution in [0.1, 0.15) is 49.1 Å². The van der Waals surface area contributed by atoms with Crippen LogP contribution in [0.3, 0.4) is 0 Å². The topological polar surface area (TPSA) is 107 Å². The molecule has 1 aliphatic heterocycles. The summed E-state index contributed by atoms with van der Waals surface area (Å²) in [6.45, 7) is 2.45. The molecule has 0 aromatic carbocycles. The number of sulfonamides is 1. The summed E-state index contributed by atoms with van der Waals surface area (Å²) in [4.78, 5) is 14.9. The lowest BCUT2D eigenvalue weighted by atomic mass is 9.81. The van der Waals surface area contributed by atoms with Gasteiger partial charge in [-0.25, -0.2) is 18.1 Å². The fourth-order valence-electron chi connectivity index (χ4n) is 4.38. The van der Waals surface area contributed by atoms with Gasteiger partial charge in [0.05, 0.1) is 12.7 Å². The first-order chi connectivity index (χ1) is 15.1. The molecule has 1 saturated carbocycles. The van der Waals surface area contributed by atoms with Crippen molar-refractivity contribution in [2.75, 3.05) is 19.8 Å². The highest BCUT2D eigenvalue weighted by atomic mass is 32.2. The Balaban J connectivity index is 1.52. The molecule has 3 rings (SSSR count). The molecule has 0 radical (unpaired) electrons. The predicted octanol–water partition coefficient (Wildman–Crippen LogP) is 2.18. The van der Waals surface area contributed by atoms with Crippen molar-refractivity contribution in [1.29, 1.82) is 0 Å². The number of aryl methyl sites for hydroxylation is 1. The maximum atomic E-state index is 12.7. The largest absolute Gasteiger partial charge is 0.511 e. The molecule has 2 unspecified atom stereocenters. The minimum atomic E-state index is -5.40. The average molecular weight is 480 g/mol. The van der Waals surface area contributed by atoms with Gasteiger partial charge >= 0.3 is 15.5 Å². The minimum Gasteiger partial charge on any atom is -0.470 e. The maximum Gasteiger partial charge on any atom is 0.511 e. The highest BCUT2D eigenvalue weighted by molar-refractivity contribution is 7.90. The standard InChI is InChI=1S/C20H28F3N3O5S/c1-13-6-8-25-19(30-11-10-27)18(13)14-2-4-15(5-3-14)31-12-17-16(7-9-24-17)26-32(28,29)20(21,22)23/h6,8,10,14-17,24,26H,2-5,7,9,11-12H2,1H3. The molecule has 2 atom stereocenters. The van der Waals surface area contributed by atoms with E-state index in [1.807, 2.05) is 13.0 Å². The summed E-state index contributed by atoms with van der Waals surface area (Å²) >= 11 is 0. The monoisotopic (exact) mass is 479 g/mol. The van der Waals surface area contributed by atoms with E-state index in [1.54, 1.807) is 10.9 Å². The third-order valence-electron chi connectivity index (χ3n) is 6.01. The van der Waals surface area contributed by atoms with Crippen molar-refractivity contribution >= 4 is 16.3 Å². The lowest BCUT2D eigenvalue weighted by Crippen LogP contribution is -2.49. The highest BCUT2D eigenvalue weighted by Gasteiger charge is 2.48. The van der Waals surface area contributed by atoms with Crippen molar-refractivity contribution in [1.82, 2.24) is 15.0 Å². The number of carbonyl (C=O) groups excluding carboxylic acids is 1. The summed E-state index contributed by atoms with van der Waals surface area (Å²) in [5.41, 5.74) is -3.30. The van der Waals surface area contributed by atoms with Gasteiger partial charge in [0.25, 0.3) is 0 Å². The maximum absolute atomic E-state index is 12.7. The second kappa shape index (κ2) is 10.4. The second-order valence-corrected chi connectivity index (χ2v) is 9.86. The summed E-state index contributed by atoms with van der Waals surface area (Å²) in [6.07, 6.45) is 5.65. The van der Waals surface area contributed by atoms with Crippen molar-refractivity contribution < 1.29 is 35.9 Å². The van der Waals surface area contributed by atoms with E-state index in [2.05, 4.69) is 10.3 Å². The lowest BCUT2D eigenvalue weighted by Gasteiger charge is -2.31. The van der Waals surface area contributed by atoms with Gasteiger partial charge in [0.15, 0.2) is 6.29 Å². The summed E-state index contributed by atoms with van der Waals surface area (Å²) in [7, 11) is -5.40. The van der Waals surface area contributed by atoms with Crippen molar-refractivity contribution in [3.8, 4) is 5.88 Å². The van der Waals surface area contributed by atoms with E-state index in [0.717, 1.165) is 36.8 Å². The van der Waals surface area contributed by atoms with E-state index in [-0.39, 0.29) is 31.7 Å². The molecule has 0 amide bonds. The molecule has 2 heterocycles. The third-order valence-corrected chi connectivity index (χ3v) is 7.23. The van der Waals surface area contributed by atoms with Gasteiger partial charge in [-0.2, -0.15) is 13.2 Å². The fourth-order valence-corrected chi connectivity index (χ4v) is 5.19. The van der Waals surface area contributed by atoms with Crippen LogP contribution in [0.2, 0.25) is 0 Å². The number of halogens is 3. The van der Waals surface area contributed by atoms with Gasteiger partial charge in [-0.15, -0.1) is 0 Å². The van der Waals surface area contributed by atoms with Crippen LogP contribution in [-0.4, -0.2) is 63.1 Å². The zero-order valence-corrected chi connectivity index (χ0v) is 18.5. The molecule has 1 aromatic heterocycles. The first-order valence-electron chi connectivity index (χ1n) is 10.6. The molecule has 1 saturated heterocycles. The van der Waals surface area contributed by atoms with E-state index in [9.17, 15) is 26.4 Å². The van der Waals surface area contributed by atoms with E-state index >= 15 is 0 Å². The van der Waals surface area contributed by atoms with E-state index in [1.165, 1.54) is 0 Å². The molecule has 1 aliphatic carbocycles. The van der Waals surface area contributed by atoms with E-state index in [4.69, 9.17) is 9.47 Å². The van der Waals surface area contributed by atoms with Gasteiger partial charge in [-0.3, -0.25) is 4.79 Å². The Bertz CT molecular complexity index is 889. The number of hydrogen-bond acceptors (Lipinski definition) is 7. The van der Waals surface area contributed by atoms with Crippen molar-refractivity contribution in [2.24, 2.45) is 0 Å². The molecule has 1 aromatic rings. The number of hydrogen-bond donors (Lipinski definition) is 2. The Kier molecular flexibility index (Phi) is 8.12. The zero-order chi connectivity index (χ0) is 23.4. The van der Waals surface area contributed by atoms with Crippen LogP contribution in [0.4, 0.5) is 13.2 Å². The quantitative estimate of drug-likeness (QED) is 0.523. The molecule has 8 nitrogen and oxygen atoms in total. The average Bonchev–Trinajstić information content (AvgIpc) is 3.16. The number of aldehydes is 1. The molecule has 2 aliphatic rings. The van der Waals surface area contributed by atoms with Crippen LogP contribution in [-0.2, 0) is 19.6 Å². The highest BCUT2D eigenvalue weighted by Crippen LogP contribution is 2.39. The van der Waals surface area contributed by atoms with Gasteiger partial charge < -0.3 is 14.8 Å². The number of alkyl halides is 3. The number of ether oxygens (including phenoxy) is 2. The minimum absolute atomic E-state index is 0.0600. The number of pyridine rings is 1. The second-order valence-electron chi connectivity index (χ2n) is 8.15. The van der Waals surface area contributed by atoms with Gasteiger partial charge in [-0.05, 0) is 63.1 Å². The summed E-state index contributed by atoms with van der Waals surface area (Å²) < 4.78 is 74.0. The zero-order valence-electron chi connectivity index (χ0n) is 17.7. The molecule has 0 bridgehead atoms. The third kappa shape index (κ3) is 5.97. The smallest absolute Gasteiger partial charge is 0.470 e. The van der Waals surface area contributed by atoms with Gasteiger partial charge in [0, 0.05) is 23.8 Å². The van der Waals surface area contributed by atoms with Gasteiger partial charge in [-0.1, -0.05) is 0 Å². The molecule has 32 heavy (non-hydrogen) atoms. The lowest BCUT2D eigenvalue weighted by molar-refractivity contribution is -0.109. The molecular formula is C20H28F3N3O5S. The van der Waals surface area contributed by atoms with Crippen LogP contribution < -0.4 is 14.8 Å². The van der Waals surface area contributed by atoms with Crippen LogP contribution >= 0.6 is 0 Å². The van der Waals surface area contributed by atoms with Crippen LogP contribution in [0, 0.1) is 6.92 Å². The van der Waals surface area contributed by atoms with Crippen molar-refractivity contribution in [2.45, 2.75) is 68.6 Å². The molecule has 2 N–H and O–H groups in total. The molecule has 2 fully saturated rings. The van der Waals surface area contributed by atoms with Crippen LogP contribution in [0.15, 0.2) is 12.3 Å². The summed E-state index contributed by atoms with van der Waals surface area (Å²) in [6, 6.07) is 0.516. The molecule has 180 valence electrons. The summed E-state index contributed by atoms with van der Waals surface area (Å²) in [5.74, 6) is 0.678. The molecular weight excluding hydrogens is 451 g/mol. The number of nitrogens with zero attached hydrogens (tertiary/aromatic N) is 1. The predicted molar refractivity (Wildman–Crippen MR) is 110 cm³/mol.